The third-order valence-electron chi connectivity index (χ3n) is 5.56. The Kier molecular flexibility index (Phi) is 3.79. The van der Waals surface area contributed by atoms with Gasteiger partial charge in [0, 0.05) is 79.8 Å². The Morgan fingerprint density at radius 2 is 2.11 bits per heavy atom. The number of aromatic amines is 1. The zero-order valence-electron chi connectivity index (χ0n) is 15.9. The summed E-state index contributed by atoms with van der Waals surface area (Å²) in [5.41, 5.74) is 6.66. The van der Waals surface area contributed by atoms with E-state index in [1.807, 2.05) is 30.5 Å². The summed E-state index contributed by atoms with van der Waals surface area (Å²) in [6.45, 7) is 3.06. The van der Waals surface area contributed by atoms with Crippen molar-refractivity contribution in [3.63, 3.8) is 0 Å². The summed E-state index contributed by atoms with van der Waals surface area (Å²) in [7, 11) is 1.90. The monoisotopic (exact) mass is 371 g/mol. The van der Waals surface area contributed by atoms with E-state index in [0.29, 0.717) is 6.54 Å². The molecule has 28 heavy (non-hydrogen) atoms. The number of amides is 1. The second-order valence-corrected chi connectivity index (χ2v) is 7.35. The number of carbonyl (C=O) groups excluding carboxylic acids is 1. The maximum atomic E-state index is 11.9. The van der Waals surface area contributed by atoms with Crippen molar-refractivity contribution in [2.24, 2.45) is 7.05 Å². The van der Waals surface area contributed by atoms with E-state index in [9.17, 15) is 4.79 Å². The molecule has 3 aromatic heterocycles. The Balaban J connectivity index is 1.61. The largest absolute Gasteiger partial charge is 0.364 e. The van der Waals surface area contributed by atoms with E-state index in [2.05, 4.69) is 45.5 Å². The minimum atomic E-state index is 0.124. The molecule has 6 nitrogen and oxygen atoms in total. The van der Waals surface area contributed by atoms with Gasteiger partial charge in [0.15, 0.2) is 0 Å². The van der Waals surface area contributed by atoms with Crippen molar-refractivity contribution in [3.8, 4) is 22.4 Å². The van der Waals surface area contributed by atoms with Crippen LogP contribution in [-0.4, -0.2) is 37.1 Å². The molecule has 0 spiro atoms. The highest BCUT2D eigenvalue weighted by atomic mass is 16.2. The van der Waals surface area contributed by atoms with Gasteiger partial charge in [-0.05, 0) is 17.0 Å². The SMILES string of the molecule is CC(=O)N1CCc2[nH]cc(-c3cccc4cc(-c5cnn(C)c5)ncc34)c2C1. The molecule has 1 amide bonds. The second-order valence-electron chi connectivity index (χ2n) is 7.35. The van der Waals surface area contributed by atoms with Crippen LogP contribution in [-0.2, 0) is 24.8 Å². The molecular weight excluding hydrogens is 350 g/mol. The second kappa shape index (κ2) is 6.34. The van der Waals surface area contributed by atoms with E-state index in [1.165, 1.54) is 11.3 Å². The number of hydrogen-bond donors (Lipinski definition) is 1. The van der Waals surface area contributed by atoms with Crippen LogP contribution in [0.25, 0.3) is 33.2 Å². The van der Waals surface area contributed by atoms with Gasteiger partial charge >= 0.3 is 0 Å². The predicted octanol–water partition coefficient (Wildman–Crippen LogP) is 3.54. The highest BCUT2D eigenvalue weighted by Crippen LogP contribution is 2.35. The number of nitrogens with zero attached hydrogens (tertiary/aromatic N) is 4. The van der Waals surface area contributed by atoms with Crippen LogP contribution < -0.4 is 0 Å². The summed E-state index contributed by atoms with van der Waals surface area (Å²) in [5.74, 6) is 0.124. The van der Waals surface area contributed by atoms with Gasteiger partial charge in [-0.2, -0.15) is 5.10 Å². The minimum Gasteiger partial charge on any atom is -0.364 e. The molecule has 1 aliphatic rings. The molecule has 0 saturated heterocycles. The first-order valence-electron chi connectivity index (χ1n) is 9.43. The first-order valence-corrected chi connectivity index (χ1v) is 9.43. The van der Waals surface area contributed by atoms with Crippen molar-refractivity contribution >= 4 is 16.7 Å². The summed E-state index contributed by atoms with van der Waals surface area (Å²) in [5, 5.41) is 6.49. The molecule has 0 aliphatic carbocycles. The van der Waals surface area contributed by atoms with Crippen LogP contribution in [0.3, 0.4) is 0 Å². The van der Waals surface area contributed by atoms with Gasteiger partial charge < -0.3 is 9.88 Å². The van der Waals surface area contributed by atoms with E-state index < -0.39 is 0 Å². The lowest BCUT2D eigenvalue weighted by Crippen LogP contribution is -2.34. The molecule has 0 fully saturated rings. The van der Waals surface area contributed by atoms with E-state index in [1.54, 1.807) is 11.6 Å². The van der Waals surface area contributed by atoms with Crippen molar-refractivity contribution in [1.29, 1.82) is 0 Å². The summed E-state index contributed by atoms with van der Waals surface area (Å²) in [6, 6.07) is 8.43. The van der Waals surface area contributed by atoms with Crippen molar-refractivity contribution in [3.05, 3.63) is 60.3 Å². The number of H-pyrrole nitrogens is 1. The maximum absolute atomic E-state index is 11.9. The number of aromatic nitrogens is 4. The molecule has 6 heteroatoms. The molecule has 0 radical (unpaired) electrons. The van der Waals surface area contributed by atoms with Crippen molar-refractivity contribution in [2.45, 2.75) is 19.9 Å². The van der Waals surface area contributed by atoms with Gasteiger partial charge in [-0.3, -0.25) is 14.5 Å². The van der Waals surface area contributed by atoms with E-state index in [4.69, 9.17) is 0 Å². The third-order valence-corrected chi connectivity index (χ3v) is 5.56. The van der Waals surface area contributed by atoms with Gasteiger partial charge in [-0.1, -0.05) is 18.2 Å². The normalized spacial score (nSPS) is 13.7. The lowest BCUT2D eigenvalue weighted by Gasteiger charge is -2.26. The van der Waals surface area contributed by atoms with Crippen LogP contribution >= 0.6 is 0 Å². The highest BCUT2D eigenvalue weighted by molar-refractivity contribution is 5.98. The summed E-state index contributed by atoms with van der Waals surface area (Å²) in [6.07, 6.45) is 8.67. The van der Waals surface area contributed by atoms with Crippen molar-refractivity contribution in [1.82, 2.24) is 24.6 Å². The zero-order valence-corrected chi connectivity index (χ0v) is 15.9. The fourth-order valence-corrected chi connectivity index (χ4v) is 4.04. The van der Waals surface area contributed by atoms with Crippen LogP contribution in [0.15, 0.2) is 49.1 Å². The number of nitrogens with one attached hydrogen (secondary N) is 1. The van der Waals surface area contributed by atoms with E-state index in [0.717, 1.165) is 46.1 Å². The molecule has 0 unspecified atom stereocenters. The molecule has 0 bridgehead atoms. The van der Waals surface area contributed by atoms with Gasteiger partial charge in [0.25, 0.3) is 0 Å². The Bertz CT molecular complexity index is 1200. The smallest absolute Gasteiger partial charge is 0.219 e. The number of fused-ring (bicyclic) bond motifs is 2. The number of carbonyl (C=O) groups is 1. The molecule has 4 aromatic rings. The quantitative estimate of drug-likeness (QED) is 0.586. The molecule has 1 aliphatic heterocycles. The van der Waals surface area contributed by atoms with Gasteiger partial charge in [0.1, 0.15) is 0 Å². The Labute approximate surface area is 162 Å². The molecule has 4 heterocycles. The number of aryl methyl sites for hydroxylation is 1. The molecule has 0 saturated carbocycles. The molecule has 140 valence electrons. The van der Waals surface area contributed by atoms with Crippen LogP contribution in [0.4, 0.5) is 0 Å². The summed E-state index contributed by atoms with van der Waals surface area (Å²) in [4.78, 5) is 21.9. The van der Waals surface area contributed by atoms with Crippen LogP contribution in [0.2, 0.25) is 0 Å². The fraction of sp³-hybridized carbons (Fsp3) is 0.227. The standard InChI is InChI=1S/C22H21N5O/c1-14(28)27-7-6-21-20(13-27)19(11-23-21)17-5-3-4-15-8-22(24-10-18(15)17)16-9-25-26(2)12-16/h3-5,8-12,23H,6-7,13H2,1-2H3. The molecule has 1 aromatic carbocycles. The van der Waals surface area contributed by atoms with Crippen LogP contribution in [0, 0.1) is 0 Å². The van der Waals surface area contributed by atoms with Crippen LogP contribution in [0.1, 0.15) is 18.2 Å². The average Bonchev–Trinajstić information content (AvgIpc) is 3.32. The predicted molar refractivity (Wildman–Crippen MR) is 109 cm³/mol. The maximum Gasteiger partial charge on any atom is 0.219 e. The zero-order chi connectivity index (χ0) is 19.3. The Morgan fingerprint density at radius 1 is 1.21 bits per heavy atom. The lowest BCUT2D eigenvalue weighted by atomic mass is 9.95. The summed E-state index contributed by atoms with van der Waals surface area (Å²) >= 11 is 0. The van der Waals surface area contributed by atoms with E-state index >= 15 is 0 Å². The Hall–Kier alpha value is -3.41. The number of hydrogen-bond acceptors (Lipinski definition) is 3. The first-order chi connectivity index (χ1) is 13.6. The molecule has 5 rings (SSSR count). The number of benzene rings is 1. The molecule has 0 atom stereocenters. The topological polar surface area (TPSA) is 66.8 Å². The van der Waals surface area contributed by atoms with Gasteiger partial charge in [0.2, 0.25) is 5.91 Å². The van der Waals surface area contributed by atoms with Crippen molar-refractivity contribution in [2.75, 3.05) is 6.54 Å². The van der Waals surface area contributed by atoms with Gasteiger partial charge in [-0.15, -0.1) is 0 Å². The molecular formula is C22H21N5O. The van der Waals surface area contributed by atoms with Gasteiger partial charge in [0.05, 0.1) is 11.9 Å². The average molecular weight is 371 g/mol. The summed E-state index contributed by atoms with van der Waals surface area (Å²) < 4.78 is 1.78. The number of pyridine rings is 1. The van der Waals surface area contributed by atoms with Crippen molar-refractivity contribution < 1.29 is 4.79 Å². The lowest BCUT2D eigenvalue weighted by molar-refractivity contribution is -0.129. The minimum absolute atomic E-state index is 0.124. The van der Waals surface area contributed by atoms with E-state index in [-0.39, 0.29) is 5.91 Å². The van der Waals surface area contributed by atoms with Crippen LogP contribution in [0.5, 0.6) is 0 Å². The third kappa shape index (κ3) is 2.69. The van der Waals surface area contributed by atoms with Gasteiger partial charge in [-0.25, -0.2) is 0 Å². The number of rotatable bonds is 2. The fourth-order valence-electron chi connectivity index (χ4n) is 4.04. The Morgan fingerprint density at radius 3 is 2.89 bits per heavy atom. The highest BCUT2D eigenvalue weighted by Gasteiger charge is 2.23. The molecule has 1 N–H and O–H groups in total. The first kappa shape index (κ1) is 16.7.